The Hall–Kier alpha value is -4.01. The molecule has 0 fully saturated rings. The third kappa shape index (κ3) is 7.73. The number of benzene rings is 1. The molecule has 2 aromatic carbocycles. The van der Waals surface area contributed by atoms with Crippen molar-refractivity contribution >= 4 is 17.5 Å². The van der Waals surface area contributed by atoms with Gasteiger partial charge >= 0.3 is 0 Å². The van der Waals surface area contributed by atoms with Crippen LogP contribution in [0, 0.1) is 5.92 Å². The van der Waals surface area contributed by atoms with Gasteiger partial charge < -0.3 is 30.2 Å². The number of aryl methyl sites for hydroxylation is 1. The molecule has 2 aromatic rings. The van der Waals surface area contributed by atoms with Crippen molar-refractivity contribution in [1.82, 2.24) is 10.6 Å². The minimum Gasteiger partial charge on any atom is -0.493 e. The van der Waals surface area contributed by atoms with Gasteiger partial charge in [0.1, 0.15) is 6.04 Å². The molecule has 0 saturated carbocycles. The number of methoxy groups -OCH3 is 3. The monoisotopic (exact) mass is 605 g/mol. The summed E-state index contributed by atoms with van der Waals surface area (Å²) in [5.41, 5.74) is 4.60. The van der Waals surface area contributed by atoms with Gasteiger partial charge in [0, 0.05) is 19.0 Å². The number of hydrogen-bond donors (Lipinski definition) is 3. The van der Waals surface area contributed by atoms with E-state index in [9.17, 15) is 14.4 Å². The van der Waals surface area contributed by atoms with Gasteiger partial charge in [0.15, 0.2) is 11.5 Å². The van der Waals surface area contributed by atoms with E-state index in [1.54, 1.807) is 33.5 Å². The van der Waals surface area contributed by atoms with Crippen molar-refractivity contribution in [3.8, 4) is 28.4 Å². The summed E-state index contributed by atoms with van der Waals surface area (Å²) in [5, 5.41) is 9.40. The number of hydrogen-bond acceptors (Lipinski definition) is 7. The highest BCUT2D eigenvalue weighted by Gasteiger charge is 2.30. The summed E-state index contributed by atoms with van der Waals surface area (Å²) in [7, 11) is 4.70. The molecule has 4 rings (SSSR count). The number of ether oxygens (including phenoxy) is 3. The van der Waals surface area contributed by atoms with Crippen LogP contribution in [0.15, 0.2) is 40.7 Å². The highest BCUT2D eigenvalue weighted by atomic mass is 16.5. The van der Waals surface area contributed by atoms with E-state index >= 15 is 0 Å². The van der Waals surface area contributed by atoms with Crippen LogP contribution in [0.2, 0.25) is 0 Å². The second-order valence-corrected chi connectivity index (χ2v) is 12.1. The minimum atomic E-state index is -0.581. The largest absolute Gasteiger partial charge is 0.493 e. The van der Waals surface area contributed by atoms with Crippen molar-refractivity contribution in [2.45, 2.75) is 84.2 Å². The average molecular weight is 606 g/mol. The Morgan fingerprint density at radius 3 is 2.41 bits per heavy atom. The fraction of sp³-hybridized carbons (Fsp3) is 0.514. The Kier molecular flexibility index (Phi) is 11.3. The van der Waals surface area contributed by atoms with Crippen LogP contribution >= 0.6 is 0 Å². The Morgan fingerprint density at radius 1 is 1.00 bits per heavy atom. The molecular weight excluding hydrogens is 558 g/mol. The van der Waals surface area contributed by atoms with E-state index in [0.717, 1.165) is 36.0 Å². The molecule has 9 heteroatoms. The molecule has 0 saturated heterocycles. The van der Waals surface area contributed by atoms with Crippen molar-refractivity contribution in [1.29, 1.82) is 0 Å². The molecule has 3 N–H and O–H groups in total. The molecule has 2 amide bonds. The Labute approximate surface area is 260 Å². The molecule has 0 bridgehead atoms. The highest BCUT2D eigenvalue weighted by Crippen LogP contribution is 2.50. The van der Waals surface area contributed by atoms with Crippen LogP contribution < -0.4 is 35.6 Å². The molecule has 44 heavy (non-hydrogen) atoms. The van der Waals surface area contributed by atoms with Crippen LogP contribution in [0.5, 0.6) is 17.2 Å². The minimum absolute atomic E-state index is 0.123. The summed E-state index contributed by atoms with van der Waals surface area (Å²) in [5.74, 6) is 1.39. The molecule has 0 aliphatic heterocycles. The van der Waals surface area contributed by atoms with E-state index in [1.165, 1.54) is 25.3 Å². The number of anilines is 1. The summed E-state index contributed by atoms with van der Waals surface area (Å²) in [4.78, 5) is 39.4. The van der Waals surface area contributed by atoms with Crippen LogP contribution in [-0.4, -0.2) is 45.7 Å². The first-order valence-electron chi connectivity index (χ1n) is 15.7. The molecule has 0 heterocycles. The van der Waals surface area contributed by atoms with E-state index in [4.69, 9.17) is 14.2 Å². The molecule has 0 unspecified atom stereocenters. The summed E-state index contributed by atoms with van der Waals surface area (Å²) >= 11 is 0. The number of rotatable bonds is 12. The predicted octanol–water partition coefficient (Wildman–Crippen LogP) is 5.70. The smallest absolute Gasteiger partial charge is 0.242 e. The van der Waals surface area contributed by atoms with Crippen molar-refractivity contribution in [2.24, 2.45) is 5.92 Å². The summed E-state index contributed by atoms with van der Waals surface area (Å²) in [6.45, 7) is 6.16. The van der Waals surface area contributed by atoms with Gasteiger partial charge in [-0.1, -0.05) is 31.6 Å². The van der Waals surface area contributed by atoms with Gasteiger partial charge in [-0.2, -0.15) is 0 Å². The molecule has 0 spiro atoms. The van der Waals surface area contributed by atoms with Crippen molar-refractivity contribution < 1.29 is 23.8 Å². The number of allylic oxidation sites excluding steroid dienone is 1. The van der Waals surface area contributed by atoms with Gasteiger partial charge in [-0.05, 0) is 92.2 Å². The van der Waals surface area contributed by atoms with Gasteiger partial charge in [0.25, 0.3) is 0 Å². The van der Waals surface area contributed by atoms with Gasteiger partial charge in [0.2, 0.25) is 23.0 Å². The maximum atomic E-state index is 13.8. The molecule has 238 valence electrons. The maximum absolute atomic E-state index is 13.8. The Balaban J connectivity index is 1.74. The van der Waals surface area contributed by atoms with Gasteiger partial charge in [-0.25, -0.2) is 0 Å². The van der Waals surface area contributed by atoms with Crippen LogP contribution in [-0.2, 0) is 16.0 Å². The van der Waals surface area contributed by atoms with Crippen LogP contribution in [0.4, 0.5) is 5.69 Å². The van der Waals surface area contributed by atoms with Crippen molar-refractivity contribution in [3.05, 3.63) is 57.3 Å². The molecule has 0 aromatic heterocycles. The topological polar surface area (TPSA) is 115 Å². The number of carbonyl (C=O) groups excluding carboxylic acids is 2. The second kappa shape index (κ2) is 15.1. The number of fused-ring (bicyclic) bond motifs is 3. The van der Waals surface area contributed by atoms with Crippen molar-refractivity contribution in [3.63, 3.8) is 0 Å². The first-order chi connectivity index (χ1) is 21.2. The molecule has 2 aliphatic rings. The zero-order valence-corrected chi connectivity index (χ0v) is 26.9. The van der Waals surface area contributed by atoms with Crippen LogP contribution in [0.1, 0.15) is 82.9 Å². The van der Waals surface area contributed by atoms with Gasteiger partial charge in [-0.3, -0.25) is 14.4 Å². The van der Waals surface area contributed by atoms with E-state index in [0.29, 0.717) is 54.3 Å². The second-order valence-electron chi connectivity index (χ2n) is 12.1. The third-order valence-corrected chi connectivity index (χ3v) is 8.40. The number of carbonyl (C=O) groups is 2. The lowest BCUT2D eigenvalue weighted by Gasteiger charge is -2.21. The molecule has 2 aliphatic carbocycles. The fourth-order valence-electron chi connectivity index (χ4n) is 6.32. The number of nitrogens with one attached hydrogen (secondary N) is 3. The fourth-order valence-corrected chi connectivity index (χ4v) is 6.32. The molecule has 2 atom stereocenters. The van der Waals surface area contributed by atoms with Crippen LogP contribution in [0.25, 0.3) is 11.1 Å². The first-order valence-corrected chi connectivity index (χ1v) is 15.7. The Morgan fingerprint density at radius 2 is 1.77 bits per heavy atom. The molecular formula is C35H47N3O6. The normalized spacial score (nSPS) is 16.4. The number of amides is 2. The highest BCUT2D eigenvalue weighted by molar-refractivity contribution is 5.86. The van der Waals surface area contributed by atoms with Gasteiger partial charge in [-0.15, -0.1) is 0 Å². The lowest BCUT2D eigenvalue weighted by molar-refractivity contribution is -0.122. The zero-order chi connectivity index (χ0) is 31.8. The Bertz CT molecular complexity index is 1450. The van der Waals surface area contributed by atoms with Crippen molar-refractivity contribution in [2.75, 3.05) is 33.2 Å². The summed E-state index contributed by atoms with van der Waals surface area (Å²) < 4.78 is 17.2. The molecule has 9 nitrogen and oxygen atoms in total. The summed E-state index contributed by atoms with van der Waals surface area (Å²) in [6, 6.07) is 6.10. The maximum Gasteiger partial charge on any atom is 0.242 e. The quantitative estimate of drug-likeness (QED) is 0.266. The molecule has 0 radical (unpaired) electrons. The predicted molar refractivity (Wildman–Crippen MR) is 174 cm³/mol. The van der Waals surface area contributed by atoms with E-state index in [1.807, 2.05) is 12.1 Å². The zero-order valence-electron chi connectivity index (χ0n) is 26.9. The lowest BCUT2D eigenvalue weighted by atomic mass is 9.95. The SMILES string of the molecule is COc1cc2c(c(OC)c1OC)-c1ccc(N[C@@H](CC(C)C)C(=O)NCCC3=CCCCC3)c(=O)cc1[C@H](NC(C)=O)CC2. The first kappa shape index (κ1) is 32.9. The average Bonchev–Trinajstić information content (AvgIpc) is 3.24. The standard InChI is InChI=1S/C35H47N3O6/c1-21(2)18-29(35(41)36-17-16-23-10-8-7-9-11-23)38-28-15-13-25-26(20-30(28)40)27(37-22(3)39)14-12-24-19-31(42-4)33(43-5)34(44-6)32(24)25/h10,13,15,19-21,27,29H,7-9,11-12,14,16-18H2,1-6H3,(H,36,41)(H,37,39)(H,38,40)/t27-,29+/m1/s1. The third-order valence-electron chi connectivity index (χ3n) is 8.40. The van der Waals surface area contributed by atoms with E-state index in [2.05, 4.69) is 35.9 Å². The van der Waals surface area contributed by atoms with E-state index < -0.39 is 12.1 Å². The van der Waals surface area contributed by atoms with Crippen LogP contribution in [0.3, 0.4) is 0 Å². The van der Waals surface area contributed by atoms with E-state index in [-0.39, 0.29) is 23.2 Å². The lowest BCUT2D eigenvalue weighted by Crippen LogP contribution is -2.41. The van der Waals surface area contributed by atoms with Gasteiger partial charge in [0.05, 0.1) is 33.1 Å². The summed E-state index contributed by atoms with van der Waals surface area (Å²) in [6.07, 6.45) is 9.54.